The number of hydrogen-bond donors (Lipinski definition) is 1. The van der Waals surface area contributed by atoms with Crippen LogP contribution in [0.25, 0.3) is 4.85 Å². The first-order valence-electron chi connectivity index (χ1n) is 16.9. The van der Waals surface area contributed by atoms with E-state index in [0.717, 1.165) is 17.4 Å². The monoisotopic (exact) mass is 728 g/mol. The number of benzene rings is 3. The van der Waals surface area contributed by atoms with Crippen LogP contribution in [0, 0.1) is 6.57 Å². The number of esters is 1. The predicted molar refractivity (Wildman–Crippen MR) is 194 cm³/mol. The maximum absolute atomic E-state index is 13.8. The van der Waals surface area contributed by atoms with Crippen molar-refractivity contribution in [1.29, 1.82) is 0 Å². The highest BCUT2D eigenvalue weighted by molar-refractivity contribution is 6.04. The molecule has 14 heteroatoms. The van der Waals surface area contributed by atoms with Crippen LogP contribution in [0.3, 0.4) is 0 Å². The quantitative estimate of drug-likeness (QED) is 0.134. The van der Waals surface area contributed by atoms with Gasteiger partial charge in [-0.25, -0.2) is 19.3 Å². The van der Waals surface area contributed by atoms with Gasteiger partial charge in [0.2, 0.25) is 6.10 Å². The van der Waals surface area contributed by atoms with Crippen LogP contribution >= 0.6 is 0 Å². The molecule has 0 aromatic heterocycles. The number of nitrogens with one attached hydrogen (secondary N) is 1. The van der Waals surface area contributed by atoms with Gasteiger partial charge in [-0.3, -0.25) is 14.4 Å². The van der Waals surface area contributed by atoms with Crippen LogP contribution in [0.15, 0.2) is 72.8 Å². The summed E-state index contributed by atoms with van der Waals surface area (Å²) in [6.07, 6.45) is -5.21. The Kier molecular flexibility index (Phi) is 12.8. The van der Waals surface area contributed by atoms with E-state index in [1.807, 2.05) is 30.3 Å². The molecular weight excluding hydrogens is 684 g/mol. The molecule has 280 valence electrons. The molecule has 1 fully saturated rings. The van der Waals surface area contributed by atoms with Crippen LogP contribution in [0.5, 0.6) is 5.75 Å². The van der Waals surface area contributed by atoms with Crippen molar-refractivity contribution in [3.8, 4) is 5.75 Å². The molecular formula is C39H44N4O10. The highest BCUT2D eigenvalue weighted by Gasteiger charge is 2.43. The van der Waals surface area contributed by atoms with E-state index in [4.69, 9.17) is 30.3 Å². The van der Waals surface area contributed by atoms with Crippen LogP contribution in [-0.4, -0.2) is 71.4 Å². The van der Waals surface area contributed by atoms with Crippen LogP contribution in [0.1, 0.15) is 59.6 Å². The van der Waals surface area contributed by atoms with E-state index >= 15 is 0 Å². The molecule has 0 bridgehead atoms. The number of imide groups is 1. The third kappa shape index (κ3) is 11.5. The second-order valence-electron chi connectivity index (χ2n) is 14.1. The van der Waals surface area contributed by atoms with Crippen molar-refractivity contribution in [1.82, 2.24) is 4.90 Å². The van der Waals surface area contributed by atoms with E-state index < -0.39 is 59.9 Å². The molecule has 3 aromatic rings. The fourth-order valence-electron chi connectivity index (χ4n) is 5.11. The summed E-state index contributed by atoms with van der Waals surface area (Å²) in [7, 11) is 0. The zero-order valence-electron chi connectivity index (χ0n) is 30.8. The summed E-state index contributed by atoms with van der Waals surface area (Å²) in [5.74, 6) is -1.82. The first kappa shape index (κ1) is 39.8. The molecule has 4 amide bonds. The second-order valence-corrected chi connectivity index (χ2v) is 14.1. The molecule has 53 heavy (non-hydrogen) atoms. The molecule has 4 rings (SSSR count). The van der Waals surface area contributed by atoms with E-state index in [0.29, 0.717) is 18.0 Å². The Morgan fingerprint density at radius 1 is 0.943 bits per heavy atom. The lowest BCUT2D eigenvalue weighted by atomic mass is 10.1. The Labute approximate surface area is 308 Å². The van der Waals surface area contributed by atoms with Crippen molar-refractivity contribution in [2.24, 2.45) is 0 Å². The molecule has 0 radical (unpaired) electrons. The molecule has 0 spiro atoms. The highest BCUT2D eigenvalue weighted by Crippen LogP contribution is 2.29. The van der Waals surface area contributed by atoms with E-state index in [1.165, 1.54) is 23.1 Å². The van der Waals surface area contributed by atoms with Crippen molar-refractivity contribution in [3.05, 3.63) is 95.3 Å². The molecule has 0 aliphatic carbocycles. The van der Waals surface area contributed by atoms with Crippen LogP contribution in [-0.2, 0) is 46.5 Å². The molecule has 14 nitrogen and oxygen atoms in total. The lowest BCUT2D eigenvalue weighted by Gasteiger charge is -2.35. The molecule has 3 aromatic carbocycles. The number of carbonyl (C=O) groups is 5. The number of morpholine rings is 1. The minimum Gasteiger partial charge on any atom is -0.489 e. The minimum absolute atomic E-state index is 0.0333. The second kappa shape index (κ2) is 17.1. The van der Waals surface area contributed by atoms with E-state index in [9.17, 15) is 24.0 Å². The Morgan fingerprint density at radius 2 is 1.60 bits per heavy atom. The van der Waals surface area contributed by atoms with E-state index in [2.05, 4.69) is 10.2 Å². The zero-order chi connectivity index (χ0) is 38.9. The van der Waals surface area contributed by atoms with Gasteiger partial charge in [0, 0.05) is 30.9 Å². The number of rotatable bonds is 10. The van der Waals surface area contributed by atoms with Gasteiger partial charge in [-0.2, -0.15) is 0 Å². The van der Waals surface area contributed by atoms with Crippen molar-refractivity contribution >= 4 is 47.0 Å². The highest BCUT2D eigenvalue weighted by atomic mass is 16.6. The lowest BCUT2D eigenvalue weighted by Crippen LogP contribution is -2.56. The zero-order valence-corrected chi connectivity index (χ0v) is 30.8. The summed E-state index contributed by atoms with van der Waals surface area (Å²) in [5.41, 5.74) is -0.0726. The van der Waals surface area contributed by atoms with Crippen LogP contribution in [0.4, 0.5) is 26.7 Å². The minimum atomic E-state index is -1.70. The SMILES string of the molecule is [C-]#[N+]c1ccc(NC(=O)[C@H](OC(C)=O)[C@H]2OCCN(c3cccc(OCc4ccccc4)c3)C2=O)cc1CN(C(=O)OC(C)(C)C)C(=O)OC(C)(C)C. The maximum atomic E-state index is 13.8. The Hall–Kier alpha value is -5.94. The largest absolute Gasteiger partial charge is 0.489 e. The number of hydrogen-bond acceptors (Lipinski definition) is 10. The van der Waals surface area contributed by atoms with Gasteiger partial charge in [-0.1, -0.05) is 42.5 Å². The van der Waals surface area contributed by atoms with Crippen molar-refractivity contribution in [3.63, 3.8) is 0 Å². The van der Waals surface area contributed by atoms with Crippen molar-refractivity contribution < 1.29 is 47.7 Å². The Balaban J connectivity index is 1.56. The van der Waals surface area contributed by atoms with Gasteiger partial charge in [0.05, 0.1) is 19.7 Å². The summed E-state index contributed by atoms with van der Waals surface area (Å²) >= 11 is 0. The van der Waals surface area contributed by atoms with Gasteiger partial charge in [-0.05, 0) is 76.9 Å². The number of carbonyl (C=O) groups excluding carboxylic acids is 5. The fourth-order valence-corrected chi connectivity index (χ4v) is 5.11. The van der Waals surface area contributed by atoms with Gasteiger partial charge in [0.1, 0.15) is 23.6 Å². The van der Waals surface area contributed by atoms with Gasteiger partial charge >= 0.3 is 18.2 Å². The van der Waals surface area contributed by atoms with Gasteiger partial charge in [0.15, 0.2) is 11.8 Å². The normalized spacial score (nSPS) is 15.0. The summed E-state index contributed by atoms with van der Waals surface area (Å²) < 4.78 is 27.9. The van der Waals surface area contributed by atoms with Crippen molar-refractivity contribution in [2.75, 3.05) is 23.4 Å². The van der Waals surface area contributed by atoms with Gasteiger partial charge in [0.25, 0.3) is 11.8 Å². The van der Waals surface area contributed by atoms with E-state index in [-0.39, 0.29) is 30.1 Å². The standard InChI is InChI=1S/C39H44N4O10/c1-25(44)51-32(33-35(46)42(19-20-49-33)29-15-12-16-30(22-29)50-24-26-13-10-9-11-14-26)34(45)41-28-17-18-31(40-8)27(21-28)23-43(36(47)52-38(2,3)4)37(48)53-39(5,6)7/h9-18,21-22,32-33H,19-20,23-24H2,1-7H3,(H,41,45)/t32-,33-/m1/s1. The predicted octanol–water partition coefficient (Wildman–Crippen LogP) is 6.79. The summed E-state index contributed by atoms with van der Waals surface area (Å²) in [6, 6.07) is 20.7. The molecule has 1 saturated heterocycles. The molecule has 0 saturated carbocycles. The number of anilines is 2. The van der Waals surface area contributed by atoms with Crippen LogP contribution in [0.2, 0.25) is 0 Å². The van der Waals surface area contributed by atoms with Gasteiger partial charge < -0.3 is 33.9 Å². The Bertz CT molecular complexity index is 1830. The molecule has 0 unspecified atom stereocenters. The smallest absolute Gasteiger partial charge is 0.420 e. The molecule has 2 atom stereocenters. The van der Waals surface area contributed by atoms with Crippen molar-refractivity contribution in [2.45, 2.75) is 85.0 Å². The number of amides is 4. The third-order valence-corrected chi connectivity index (χ3v) is 7.35. The molecule has 1 aliphatic rings. The van der Waals surface area contributed by atoms with Crippen LogP contribution < -0.4 is 15.0 Å². The van der Waals surface area contributed by atoms with E-state index in [1.54, 1.807) is 65.8 Å². The molecule has 1 heterocycles. The number of ether oxygens (including phenoxy) is 5. The fraction of sp³-hybridized carbons (Fsp3) is 0.385. The average molecular weight is 729 g/mol. The first-order chi connectivity index (χ1) is 24.9. The maximum Gasteiger partial charge on any atom is 0.420 e. The lowest BCUT2D eigenvalue weighted by molar-refractivity contribution is -0.167. The topological polar surface area (TPSA) is 154 Å². The van der Waals surface area contributed by atoms with Gasteiger partial charge in [-0.15, -0.1) is 0 Å². The molecule has 1 N–H and O–H groups in total. The summed E-state index contributed by atoms with van der Waals surface area (Å²) in [4.78, 5) is 71.7. The summed E-state index contributed by atoms with van der Waals surface area (Å²) in [6.45, 7) is 18.7. The third-order valence-electron chi connectivity index (χ3n) is 7.35. The number of nitrogens with zero attached hydrogens (tertiary/aromatic N) is 3. The first-order valence-corrected chi connectivity index (χ1v) is 16.9. The molecule has 1 aliphatic heterocycles. The Morgan fingerprint density at radius 3 is 2.21 bits per heavy atom. The summed E-state index contributed by atoms with van der Waals surface area (Å²) in [5, 5.41) is 2.62. The average Bonchev–Trinajstić information content (AvgIpc) is 3.08.